The summed E-state index contributed by atoms with van der Waals surface area (Å²) in [5, 5.41) is 0.101. The van der Waals surface area contributed by atoms with E-state index in [9.17, 15) is 9.59 Å². The Bertz CT molecular complexity index is 284. The van der Waals surface area contributed by atoms with Gasteiger partial charge < -0.3 is 0 Å². The fourth-order valence-electron chi connectivity index (χ4n) is 1.32. The molecule has 28 heavy (non-hydrogen) atoms. The van der Waals surface area contributed by atoms with E-state index in [1.54, 1.807) is 6.92 Å². The van der Waals surface area contributed by atoms with E-state index in [2.05, 4.69) is 68.0 Å². The van der Waals surface area contributed by atoms with Crippen molar-refractivity contribution < 1.29 is 9.59 Å². The summed E-state index contributed by atoms with van der Waals surface area (Å²) >= 11 is 4.76. The minimum Gasteiger partial charge on any atom is -0.288 e. The van der Waals surface area contributed by atoms with E-state index in [0.717, 1.165) is 23.5 Å². The molecule has 0 bridgehead atoms. The van der Waals surface area contributed by atoms with Crippen LogP contribution >= 0.6 is 24.4 Å². The molecule has 0 aliphatic carbocycles. The summed E-state index contributed by atoms with van der Waals surface area (Å²) in [5.41, 5.74) is 0. The number of unbranched alkanes of at least 4 members (excludes halogenated alkanes) is 1. The van der Waals surface area contributed by atoms with Crippen LogP contribution in [0.5, 0.6) is 0 Å². The van der Waals surface area contributed by atoms with Gasteiger partial charge in [-0.3, -0.25) is 9.59 Å². The molecule has 0 aromatic carbocycles. The van der Waals surface area contributed by atoms with Crippen molar-refractivity contribution in [3.05, 3.63) is 0 Å². The predicted octanol–water partition coefficient (Wildman–Crippen LogP) is 9.08. The van der Waals surface area contributed by atoms with Crippen LogP contribution in [0.25, 0.3) is 0 Å². The highest BCUT2D eigenvalue weighted by Crippen LogP contribution is 2.09. The van der Waals surface area contributed by atoms with Crippen LogP contribution in [0.2, 0.25) is 0 Å². The molecule has 0 saturated heterocycles. The second-order valence-electron chi connectivity index (χ2n) is 7.73. The Morgan fingerprint density at radius 1 is 0.786 bits per heavy atom. The number of carbonyl (C=O) groups is 2. The molecule has 0 aliphatic heterocycles. The average Bonchev–Trinajstić information content (AvgIpc) is 2.59. The van der Waals surface area contributed by atoms with Gasteiger partial charge in [0.1, 0.15) is 0 Å². The molecule has 0 saturated carbocycles. The van der Waals surface area contributed by atoms with Crippen molar-refractivity contribution in [2.45, 2.75) is 122 Å². The van der Waals surface area contributed by atoms with Crippen LogP contribution in [0.1, 0.15) is 122 Å². The average molecular weight is 439 g/mol. The summed E-state index contributed by atoms with van der Waals surface area (Å²) in [6.07, 6.45) is 7.86. The fourth-order valence-corrected chi connectivity index (χ4v) is 1.92. The first-order valence-corrected chi connectivity index (χ1v) is 12.7. The Morgan fingerprint density at radius 3 is 1.29 bits per heavy atom. The Labute approximate surface area is 189 Å². The third-order valence-electron chi connectivity index (χ3n) is 3.18. The van der Waals surface area contributed by atoms with Crippen molar-refractivity contribution >= 4 is 34.6 Å². The van der Waals surface area contributed by atoms with Gasteiger partial charge in [0.25, 0.3) is 0 Å². The van der Waals surface area contributed by atoms with Crippen molar-refractivity contribution in [3.63, 3.8) is 0 Å². The van der Waals surface area contributed by atoms with Gasteiger partial charge in [0.15, 0.2) is 10.2 Å². The maximum absolute atomic E-state index is 10.5. The quantitative estimate of drug-likeness (QED) is 0.303. The van der Waals surface area contributed by atoms with Gasteiger partial charge in [-0.15, -0.1) is 12.6 Å². The van der Waals surface area contributed by atoms with E-state index < -0.39 is 0 Å². The molecule has 0 fully saturated rings. The monoisotopic (exact) mass is 438 g/mol. The molecule has 2 nitrogen and oxygen atoms in total. The molecule has 0 amide bonds. The Kier molecular flexibility index (Phi) is 47.6. The van der Waals surface area contributed by atoms with Gasteiger partial charge in [0.05, 0.1) is 0 Å². The van der Waals surface area contributed by atoms with E-state index in [-0.39, 0.29) is 10.2 Å². The van der Waals surface area contributed by atoms with Gasteiger partial charge in [0, 0.05) is 19.6 Å². The molecule has 0 radical (unpaired) electrons. The first-order chi connectivity index (χ1) is 12.9. The lowest BCUT2D eigenvalue weighted by Gasteiger charge is -2.01. The highest BCUT2D eigenvalue weighted by molar-refractivity contribution is 8.13. The standard InChI is InChI=1S/C8H16OS.C7H16.C5H12.C2H4OS.C2H6/c1-7(2)5-4-6-10-8(3)9;1-4-5-6-7(2)3;1-4-5(2)3;1-2(3)4;1-2/h7H,4-6H2,1-3H3;7H,4-6H2,1-3H3;5H,4H2,1-3H3;1H3,(H,3,4);1-2H3. The van der Waals surface area contributed by atoms with Crippen LogP contribution in [-0.2, 0) is 9.59 Å². The van der Waals surface area contributed by atoms with Gasteiger partial charge in [-0.25, -0.2) is 0 Å². The Balaban J connectivity index is -0.0000000861. The minimum atomic E-state index is -0.139. The zero-order chi connectivity index (χ0) is 23.5. The molecule has 0 unspecified atom stereocenters. The van der Waals surface area contributed by atoms with E-state index in [0.29, 0.717) is 0 Å². The smallest absolute Gasteiger partial charge is 0.185 e. The lowest BCUT2D eigenvalue weighted by molar-refractivity contribution is -0.109. The lowest BCUT2D eigenvalue weighted by Crippen LogP contribution is -1.90. The summed E-state index contributed by atoms with van der Waals surface area (Å²) in [4.78, 5) is 19.8. The molecular weight excluding hydrogens is 384 g/mol. The predicted molar refractivity (Wildman–Crippen MR) is 138 cm³/mol. The first kappa shape index (κ1) is 38.6. The van der Waals surface area contributed by atoms with Crippen LogP contribution in [0.4, 0.5) is 0 Å². The molecule has 0 rings (SSSR count). The molecule has 0 aromatic rings. The zero-order valence-electron chi connectivity index (χ0n) is 21.4. The SMILES string of the molecule is CC.CC(=O)S.CC(=O)SCCCC(C)C.CCC(C)C.CCCCC(C)C. The largest absolute Gasteiger partial charge is 0.288 e. The van der Waals surface area contributed by atoms with Gasteiger partial charge in [0.2, 0.25) is 0 Å². The second kappa shape index (κ2) is 34.5. The van der Waals surface area contributed by atoms with Crippen molar-refractivity contribution in [2.75, 3.05) is 5.75 Å². The molecule has 0 atom stereocenters. The fraction of sp³-hybridized carbons (Fsp3) is 0.917. The maximum Gasteiger partial charge on any atom is 0.185 e. The molecule has 0 aliphatic rings. The van der Waals surface area contributed by atoms with Crippen LogP contribution in [0.3, 0.4) is 0 Å². The van der Waals surface area contributed by atoms with Crippen molar-refractivity contribution in [2.24, 2.45) is 17.8 Å². The highest BCUT2D eigenvalue weighted by atomic mass is 32.2. The molecule has 0 spiro atoms. The van der Waals surface area contributed by atoms with E-state index in [1.807, 2.05) is 13.8 Å². The Hall–Kier alpha value is 0.0400. The molecular formula is C24H54O2S2. The number of rotatable bonds is 8. The molecule has 0 N–H and O–H groups in total. The molecule has 0 heterocycles. The van der Waals surface area contributed by atoms with E-state index in [4.69, 9.17) is 0 Å². The number of carbonyl (C=O) groups excluding carboxylic acids is 2. The number of thioether (sulfide) groups is 1. The summed E-state index contributed by atoms with van der Waals surface area (Å²) < 4.78 is 0. The zero-order valence-corrected chi connectivity index (χ0v) is 23.1. The van der Waals surface area contributed by atoms with Crippen molar-refractivity contribution in [3.8, 4) is 0 Å². The number of thiol groups is 1. The van der Waals surface area contributed by atoms with Crippen molar-refractivity contribution in [1.29, 1.82) is 0 Å². The second-order valence-corrected chi connectivity index (χ2v) is 9.63. The van der Waals surface area contributed by atoms with Crippen LogP contribution in [0.15, 0.2) is 0 Å². The lowest BCUT2D eigenvalue weighted by atomic mass is 10.1. The van der Waals surface area contributed by atoms with Gasteiger partial charge in [-0.2, -0.15) is 0 Å². The summed E-state index contributed by atoms with van der Waals surface area (Å²) in [6.45, 7) is 24.9. The van der Waals surface area contributed by atoms with Gasteiger partial charge in [-0.05, 0) is 24.2 Å². The van der Waals surface area contributed by atoms with E-state index >= 15 is 0 Å². The first-order valence-electron chi connectivity index (χ1n) is 11.2. The molecule has 4 heteroatoms. The normalized spacial score (nSPS) is 9.14. The van der Waals surface area contributed by atoms with E-state index in [1.165, 1.54) is 57.2 Å². The van der Waals surface area contributed by atoms with Gasteiger partial charge in [-0.1, -0.05) is 113 Å². The van der Waals surface area contributed by atoms with Crippen molar-refractivity contribution in [1.82, 2.24) is 0 Å². The maximum atomic E-state index is 10.5. The number of hydrogen-bond donors (Lipinski definition) is 1. The minimum absolute atomic E-state index is 0.139. The summed E-state index contributed by atoms with van der Waals surface area (Å²) in [5.74, 6) is 3.55. The summed E-state index contributed by atoms with van der Waals surface area (Å²) in [7, 11) is 0. The topological polar surface area (TPSA) is 34.1 Å². The molecule has 174 valence electrons. The van der Waals surface area contributed by atoms with Crippen LogP contribution in [-0.4, -0.2) is 16.0 Å². The highest BCUT2D eigenvalue weighted by Gasteiger charge is 1.96. The third-order valence-corrected chi connectivity index (χ3v) is 4.08. The molecule has 0 aromatic heterocycles. The summed E-state index contributed by atoms with van der Waals surface area (Å²) in [6, 6.07) is 0. The van der Waals surface area contributed by atoms with Crippen LogP contribution < -0.4 is 0 Å². The Morgan fingerprint density at radius 2 is 1.11 bits per heavy atom. The number of hydrogen-bond acceptors (Lipinski definition) is 3. The third kappa shape index (κ3) is 96.0. The van der Waals surface area contributed by atoms with Gasteiger partial charge >= 0.3 is 0 Å². The van der Waals surface area contributed by atoms with Crippen LogP contribution in [0, 0.1) is 17.8 Å².